The molecule has 2 aromatic heterocycles. The van der Waals surface area contributed by atoms with Crippen molar-refractivity contribution in [3.05, 3.63) is 29.7 Å². The number of nitrogens with zero attached hydrogens (tertiary/aromatic N) is 4. The summed E-state index contributed by atoms with van der Waals surface area (Å²) in [7, 11) is 1.99. The number of ether oxygens (including phenoxy) is 1. The number of hydrogen-bond donors (Lipinski definition) is 0. The van der Waals surface area contributed by atoms with E-state index < -0.39 is 0 Å². The van der Waals surface area contributed by atoms with Gasteiger partial charge in [0, 0.05) is 25.3 Å². The Morgan fingerprint density at radius 3 is 2.79 bits per heavy atom. The lowest BCUT2D eigenvalue weighted by molar-refractivity contribution is 0.326. The van der Waals surface area contributed by atoms with Crippen LogP contribution in [-0.4, -0.2) is 26.4 Å². The van der Waals surface area contributed by atoms with Crippen LogP contribution in [0.4, 0.5) is 0 Å². The fourth-order valence-corrected chi connectivity index (χ4v) is 2.52. The third kappa shape index (κ3) is 3.47. The van der Waals surface area contributed by atoms with E-state index in [0.29, 0.717) is 12.5 Å². The van der Waals surface area contributed by atoms with Gasteiger partial charge in [-0.1, -0.05) is 24.8 Å². The Bertz CT molecular complexity index is 541. The van der Waals surface area contributed by atoms with Crippen LogP contribution in [0.1, 0.15) is 25.4 Å². The second kappa shape index (κ2) is 6.56. The van der Waals surface area contributed by atoms with Crippen molar-refractivity contribution in [3.63, 3.8) is 0 Å². The molecule has 5 nitrogen and oxygen atoms in total. The van der Waals surface area contributed by atoms with Gasteiger partial charge >= 0.3 is 0 Å². The fourth-order valence-electron chi connectivity index (χ4n) is 1.68. The molecule has 102 valence electrons. The molecule has 0 atom stereocenters. The first-order valence-corrected chi connectivity index (χ1v) is 7.33. The molecule has 6 heteroatoms. The second-order valence-electron chi connectivity index (χ2n) is 4.00. The van der Waals surface area contributed by atoms with Crippen molar-refractivity contribution < 1.29 is 4.74 Å². The van der Waals surface area contributed by atoms with Gasteiger partial charge in [0.25, 0.3) is 0 Å². The van der Waals surface area contributed by atoms with Crippen molar-refractivity contribution in [1.82, 2.24) is 19.7 Å². The van der Waals surface area contributed by atoms with Crippen molar-refractivity contribution >= 4 is 11.8 Å². The largest absolute Gasteiger partial charge is 0.478 e. The van der Waals surface area contributed by atoms with E-state index in [2.05, 4.69) is 22.1 Å². The third-order valence-electron chi connectivity index (χ3n) is 2.66. The van der Waals surface area contributed by atoms with Crippen molar-refractivity contribution in [3.8, 4) is 5.88 Å². The lowest BCUT2D eigenvalue weighted by Gasteiger charge is -2.05. The Balaban J connectivity index is 2.01. The zero-order valence-electron chi connectivity index (χ0n) is 11.5. The van der Waals surface area contributed by atoms with Gasteiger partial charge in [-0.2, -0.15) is 0 Å². The highest BCUT2D eigenvalue weighted by molar-refractivity contribution is 7.98. The molecule has 0 bridgehead atoms. The Hall–Kier alpha value is -1.56. The molecule has 0 fully saturated rings. The fraction of sp³-hybridized carbons (Fsp3) is 0.462. The zero-order chi connectivity index (χ0) is 13.7. The van der Waals surface area contributed by atoms with Crippen molar-refractivity contribution in [2.45, 2.75) is 31.2 Å². The van der Waals surface area contributed by atoms with Crippen LogP contribution in [0.3, 0.4) is 0 Å². The van der Waals surface area contributed by atoms with Gasteiger partial charge in [-0.15, -0.1) is 10.2 Å². The number of aromatic nitrogens is 4. The minimum absolute atomic E-state index is 0.632. The van der Waals surface area contributed by atoms with Gasteiger partial charge in [0.05, 0.1) is 12.3 Å². The van der Waals surface area contributed by atoms with Crippen molar-refractivity contribution in [2.75, 3.05) is 6.61 Å². The molecule has 2 heterocycles. The van der Waals surface area contributed by atoms with Crippen LogP contribution in [-0.2, 0) is 19.2 Å². The van der Waals surface area contributed by atoms with Crippen LogP contribution in [0.2, 0.25) is 0 Å². The lowest BCUT2D eigenvalue weighted by Crippen LogP contribution is -1.98. The molecule has 0 spiro atoms. The predicted octanol–water partition coefficient (Wildman–Crippen LogP) is 2.46. The van der Waals surface area contributed by atoms with E-state index >= 15 is 0 Å². The molecule has 0 aliphatic rings. The Morgan fingerprint density at radius 2 is 2.11 bits per heavy atom. The van der Waals surface area contributed by atoms with E-state index in [1.807, 2.05) is 36.7 Å². The Labute approximate surface area is 117 Å². The highest BCUT2D eigenvalue weighted by atomic mass is 32.2. The third-order valence-corrected chi connectivity index (χ3v) is 3.72. The Morgan fingerprint density at radius 1 is 1.26 bits per heavy atom. The van der Waals surface area contributed by atoms with Crippen LogP contribution >= 0.6 is 11.8 Å². The van der Waals surface area contributed by atoms with Gasteiger partial charge in [-0.25, -0.2) is 4.98 Å². The average molecular weight is 278 g/mol. The molecule has 0 unspecified atom stereocenters. The highest BCUT2D eigenvalue weighted by Gasteiger charge is 2.08. The summed E-state index contributed by atoms with van der Waals surface area (Å²) in [4.78, 5) is 4.43. The van der Waals surface area contributed by atoms with Gasteiger partial charge in [-0.3, -0.25) is 0 Å². The van der Waals surface area contributed by atoms with E-state index in [1.54, 1.807) is 11.8 Å². The van der Waals surface area contributed by atoms with Crippen molar-refractivity contribution in [2.24, 2.45) is 7.05 Å². The summed E-state index contributed by atoms with van der Waals surface area (Å²) in [5.74, 6) is 2.43. The maximum atomic E-state index is 5.39. The number of rotatable bonds is 6. The number of hydrogen-bond acceptors (Lipinski definition) is 5. The first-order valence-electron chi connectivity index (χ1n) is 6.34. The summed E-state index contributed by atoms with van der Waals surface area (Å²) in [6.07, 6.45) is 0.891. The maximum absolute atomic E-state index is 5.39. The van der Waals surface area contributed by atoms with Gasteiger partial charge in [0.1, 0.15) is 5.82 Å². The lowest BCUT2D eigenvalue weighted by atomic mass is 10.4. The predicted molar refractivity (Wildman–Crippen MR) is 75.3 cm³/mol. The molecule has 0 N–H and O–H groups in total. The minimum atomic E-state index is 0.632. The van der Waals surface area contributed by atoms with Gasteiger partial charge in [0.2, 0.25) is 5.88 Å². The van der Waals surface area contributed by atoms with Crippen molar-refractivity contribution in [1.29, 1.82) is 0 Å². The van der Waals surface area contributed by atoms with Gasteiger partial charge in [0.15, 0.2) is 5.16 Å². The molecule has 2 aromatic rings. The van der Waals surface area contributed by atoms with Crippen LogP contribution in [0.5, 0.6) is 5.88 Å². The molecule has 2 rings (SSSR count). The molecular weight excluding hydrogens is 260 g/mol. The van der Waals surface area contributed by atoms with E-state index in [9.17, 15) is 0 Å². The monoisotopic (exact) mass is 278 g/mol. The molecule has 19 heavy (non-hydrogen) atoms. The summed E-state index contributed by atoms with van der Waals surface area (Å²) >= 11 is 1.63. The maximum Gasteiger partial charge on any atom is 0.213 e. The van der Waals surface area contributed by atoms with E-state index in [0.717, 1.165) is 28.8 Å². The number of aryl methyl sites for hydroxylation is 1. The first kappa shape index (κ1) is 13.9. The molecule has 0 amide bonds. The molecule has 0 aliphatic carbocycles. The van der Waals surface area contributed by atoms with Crippen LogP contribution in [0.25, 0.3) is 0 Å². The summed E-state index contributed by atoms with van der Waals surface area (Å²) in [6.45, 7) is 4.66. The topological polar surface area (TPSA) is 52.8 Å². The average Bonchev–Trinajstić information content (AvgIpc) is 2.78. The standard InChI is InChI=1S/C13H18N4OS/c1-4-11-15-16-13(17(11)3)19-9-10-7-6-8-12(14-10)18-5-2/h6-8H,4-5,9H2,1-3H3. The summed E-state index contributed by atoms with van der Waals surface area (Å²) in [5.41, 5.74) is 0.983. The van der Waals surface area contributed by atoms with Gasteiger partial charge < -0.3 is 9.30 Å². The van der Waals surface area contributed by atoms with Crippen LogP contribution < -0.4 is 4.74 Å². The quantitative estimate of drug-likeness (QED) is 0.760. The summed E-state index contributed by atoms with van der Waals surface area (Å²) < 4.78 is 7.42. The van der Waals surface area contributed by atoms with Crippen LogP contribution in [0, 0.1) is 0 Å². The molecule has 0 aromatic carbocycles. The summed E-state index contributed by atoms with van der Waals surface area (Å²) in [6, 6.07) is 5.82. The van der Waals surface area contributed by atoms with E-state index in [1.165, 1.54) is 0 Å². The van der Waals surface area contributed by atoms with Gasteiger partial charge in [-0.05, 0) is 13.0 Å². The highest BCUT2D eigenvalue weighted by Crippen LogP contribution is 2.21. The molecule has 0 radical (unpaired) electrons. The number of thioether (sulfide) groups is 1. The number of pyridine rings is 1. The smallest absolute Gasteiger partial charge is 0.213 e. The van der Waals surface area contributed by atoms with Crippen LogP contribution in [0.15, 0.2) is 23.4 Å². The molecule has 0 saturated carbocycles. The first-order chi connectivity index (χ1) is 9.24. The Kier molecular flexibility index (Phi) is 4.79. The summed E-state index contributed by atoms with van der Waals surface area (Å²) in [5, 5.41) is 9.23. The SMILES string of the molecule is CCOc1cccc(CSc2nnc(CC)n2C)n1. The molecule has 0 saturated heterocycles. The zero-order valence-corrected chi connectivity index (χ0v) is 12.3. The second-order valence-corrected chi connectivity index (χ2v) is 4.94. The molecular formula is C13H18N4OS. The normalized spacial score (nSPS) is 10.7. The van der Waals surface area contributed by atoms with E-state index in [-0.39, 0.29) is 0 Å². The molecule has 0 aliphatic heterocycles. The van der Waals surface area contributed by atoms with E-state index in [4.69, 9.17) is 4.74 Å². The minimum Gasteiger partial charge on any atom is -0.478 e.